The van der Waals surface area contributed by atoms with Gasteiger partial charge in [0.05, 0.1) is 21.0 Å². The number of hydrogen-bond acceptors (Lipinski definition) is 8. The quantitative estimate of drug-likeness (QED) is 0.195. The molecule has 12 nitrogen and oxygen atoms in total. The van der Waals surface area contributed by atoms with Crippen LogP contribution in [0.1, 0.15) is 2.85 Å². The second kappa shape index (κ2) is 9.71. The molecule has 142 valence electrons. The van der Waals surface area contributed by atoms with Crippen LogP contribution < -0.4 is 59.1 Å². The molecule has 2 rings (SSSR count). The van der Waals surface area contributed by atoms with E-state index in [-0.39, 0.29) is 62.0 Å². The average Bonchev–Trinajstić information content (AvgIpc) is 2.51. The Hall–Kier alpha value is -0.940. The van der Waals surface area contributed by atoms with Gasteiger partial charge in [-0.15, -0.1) is 0 Å². The molecule has 0 radical (unpaired) electrons. The van der Waals surface area contributed by atoms with Crippen molar-refractivity contribution in [3.05, 3.63) is 56.6 Å². The van der Waals surface area contributed by atoms with Crippen LogP contribution in [0.25, 0.3) is 11.1 Å². The second-order valence-electron chi connectivity index (χ2n) is 4.82. The van der Waals surface area contributed by atoms with Crippen LogP contribution in [0.3, 0.4) is 0 Å². The Labute approximate surface area is 205 Å². The van der Waals surface area contributed by atoms with E-state index in [1.165, 1.54) is 0 Å². The van der Waals surface area contributed by atoms with Crippen molar-refractivity contribution in [2.45, 2.75) is 9.79 Å². The maximum atomic E-state index is 11.2. The standard InChI is InChI=1S/C12H8N2O10S2.2Na.2H/c15-13(16)11-5-7(25(19,20)21)1-3-9(11)10-4-2-8(26(22,23)24)6-12(10)14(17)18;;;;/h1-6H,(H,19,20,21)(H,22,23,24);;;;/q;2*+1;2*-1. The summed E-state index contributed by atoms with van der Waals surface area (Å²) >= 11 is 0. The van der Waals surface area contributed by atoms with Crippen LogP contribution in [0.5, 0.6) is 0 Å². The fourth-order valence-electron chi connectivity index (χ4n) is 2.10. The Morgan fingerprint density at radius 1 is 0.714 bits per heavy atom. The first kappa shape index (κ1) is 27.1. The maximum Gasteiger partial charge on any atom is 1.00 e. The average molecular weight is 452 g/mol. The predicted octanol–water partition coefficient (Wildman–Crippen LogP) is -4.10. The van der Waals surface area contributed by atoms with Gasteiger partial charge in [0, 0.05) is 12.1 Å². The zero-order chi connectivity index (χ0) is 19.9. The third kappa shape index (κ3) is 6.03. The molecule has 2 aromatic rings. The van der Waals surface area contributed by atoms with Gasteiger partial charge in [0.15, 0.2) is 0 Å². The van der Waals surface area contributed by atoms with Crippen LogP contribution in [-0.2, 0) is 20.2 Å². The monoisotopic (exact) mass is 452 g/mol. The molecule has 0 bridgehead atoms. The summed E-state index contributed by atoms with van der Waals surface area (Å²) in [7, 11) is -9.52. The molecule has 16 heteroatoms. The van der Waals surface area contributed by atoms with E-state index in [1.807, 2.05) is 0 Å². The first-order valence-corrected chi connectivity index (χ1v) is 9.22. The van der Waals surface area contributed by atoms with Gasteiger partial charge in [-0.2, -0.15) is 16.8 Å². The van der Waals surface area contributed by atoms with Gasteiger partial charge in [-0.25, -0.2) is 0 Å². The predicted molar refractivity (Wildman–Crippen MR) is 87.0 cm³/mol. The van der Waals surface area contributed by atoms with Crippen molar-refractivity contribution in [1.82, 2.24) is 0 Å². The van der Waals surface area contributed by atoms with Gasteiger partial charge in [0.25, 0.3) is 31.6 Å². The molecular formula is C12H10N2Na2O10S2. The summed E-state index contributed by atoms with van der Waals surface area (Å²) in [6.07, 6.45) is 0. The first-order valence-electron chi connectivity index (χ1n) is 6.34. The van der Waals surface area contributed by atoms with Crippen LogP contribution in [-0.4, -0.2) is 35.8 Å². The minimum atomic E-state index is -4.76. The van der Waals surface area contributed by atoms with Gasteiger partial charge in [-0.05, 0) is 24.3 Å². The molecule has 0 saturated heterocycles. The molecule has 28 heavy (non-hydrogen) atoms. The van der Waals surface area contributed by atoms with Crippen molar-refractivity contribution < 1.29 is 97.8 Å². The third-order valence-electron chi connectivity index (χ3n) is 3.22. The number of benzene rings is 2. The largest absolute Gasteiger partial charge is 1.00 e. The van der Waals surface area contributed by atoms with Crippen molar-refractivity contribution in [2.24, 2.45) is 0 Å². The number of hydrogen-bond donors (Lipinski definition) is 2. The van der Waals surface area contributed by atoms with E-state index >= 15 is 0 Å². The van der Waals surface area contributed by atoms with Crippen LogP contribution >= 0.6 is 0 Å². The Balaban J connectivity index is -0.00000182. The zero-order valence-corrected chi connectivity index (χ0v) is 20.0. The molecule has 0 spiro atoms. The van der Waals surface area contributed by atoms with Crippen molar-refractivity contribution in [3.63, 3.8) is 0 Å². The minimum Gasteiger partial charge on any atom is -1.00 e. The van der Waals surface area contributed by atoms with E-state index in [4.69, 9.17) is 9.11 Å². The Bertz CT molecular complexity index is 1070. The van der Waals surface area contributed by atoms with E-state index < -0.39 is 62.4 Å². The molecule has 0 aliphatic rings. The molecule has 0 heterocycles. The Morgan fingerprint density at radius 3 is 1.21 bits per heavy atom. The maximum absolute atomic E-state index is 11.2. The summed E-state index contributed by atoms with van der Waals surface area (Å²) in [5, 5.41) is 22.4. The van der Waals surface area contributed by atoms with Crippen molar-refractivity contribution in [2.75, 3.05) is 0 Å². The first-order chi connectivity index (χ1) is 11.8. The molecule has 0 saturated carbocycles. The third-order valence-corrected chi connectivity index (χ3v) is 4.92. The van der Waals surface area contributed by atoms with Gasteiger partial charge < -0.3 is 2.85 Å². The van der Waals surface area contributed by atoms with E-state index in [9.17, 15) is 37.1 Å². The van der Waals surface area contributed by atoms with Gasteiger partial charge in [-0.1, -0.05) is 0 Å². The number of nitro benzene ring substituents is 2. The topological polar surface area (TPSA) is 195 Å². The van der Waals surface area contributed by atoms with Gasteiger partial charge in [0.1, 0.15) is 9.79 Å². The minimum absolute atomic E-state index is 0. The summed E-state index contributed by atoms with van der Waals surface area (Å²) < 4.78 is 62.4. The molecule has 0 aliphatic carbocycles. The summed E-state index contributed by atoms with van der Waals surface area (Å²) in [6.45, 7) is 0. The van der Waals surface area contributed by atoms with Gasteiger partial charge >= 0.3 is 59.1 Å². The molecular weight excluding hydrogens is 442 g/mol. The second-order valence-corrected chi connectivity index (χ2v) is 7.67. The fraction of sp³-hybridized carbons (Fsp3) is 0. The molecule has 0 amide bonds. The van der Waals surface area contributed by atoms with E-state index in [2.05, 4.69) is 0 Å². The van der Waals surface area contributed by atoms with Crippen molar-refractivity contribution >= 4 is 31.6 Å². The number of nitrogens with zero attached hydrogens (tertiary/aromatic N) is 2. The van der Waals surface area contributed by atoms with Crippen molar-refractivity contribution in [1.29, 1.82) is 0 Å². The molecule has 2 aromatic carbocycles. The normalized spacial score (nSPS) is 11.1. The van der Waals surface area contributed by atoms with Crippen molar-refractivity contribution in [3.8, 4) is 11.1 Å². The fourth-order valence-corrected chi connectivity index (χ4v) is 3.10. The number of rotatable bonds is 5. The van der Waals surface area contributed by atoms with Crippen LogP contribution in [0.15, 0.2) is 46.2 Å². The zero-order valence-electron chi connectivity index (χ0n) is 16.3. The van der Waals surface area contributed by atoms with Gasteiger partial charge in [-0.3, -0.25) is 29.3 Å². The summed E-state index contributed by atoms with van der Waals surface area (Å²) in [5.74, 6) is 0. The van der Waals surface area contributed by atoms with Gasteiger partial charge in [0.2, 0.25) is 0 Å². The van der Waals surface area contributed by atoms with Crippen LogP contribution in [0, 0.1) is 20.2 Å². The Morgan fingerprint density at radius 2 is 1.00 bits per heavy atom. The van der Waals surface area contributed by atoms with E-state index in [0.29, 0.717) is 12.1 Å². The molecule has 0 unspecified atom stereocenters. The molecule has 0 fully saturated rings. The Kier molecular flexibility index (Phi) is 9.38. The van der Waals surface area contributed by atoms with E-state index in [1.54, 1.807) is 0 Å². The summed E-state index contributed by atoms with van der Waals surface area (Å²) in [6, 6.07) is 4.31. The number of nitro groups is 2. The molecule has 2 N–H and O–H groups in total. The summed E-state index contributed by atoms with van der Waals surface area (Å²) in [4.78, 5) is 18.8. The van der Waals surface area contributed by atoms with Crippen LogP contribution in [0.4, 0.5) is 11.4 Å². The summed E-state index contributed by atoms with van der Waals surface area (Å²) in [5.41, 5.74) is -2.53. The molecule has 0 atom stereocenters. The van der Waals surface area contributed by atoms with Crippen LogP contribution in [0.2, 0.25) is 0 Å². The van der Waals surface area contributed by atoms with E-state index in [0.717, 1.165) is 24.3 Å². The molecule has 0 aliphatic heterocycles. The smallest absolute Gasteiger partial charge is 1.00 e. The molecule has 0 aromatic heterocycles. The SMILES string of the molecule is O=[N+]([O-])c1cc(S(=O)(=O)O)ccc1-c1ccc(S(=O)(=O)O)cc1[N+](=O)[O-].[H-].[H-].[Na+].[Na+].